The fourth-order valence-corrected chi connectivity index (χ4v) is 1.74. The van der Waals surface area contributed by atoms with Crippen molar-refractivity contribution in [3.63, 3.8) is 0 Å². The number of halogens is 3. The zero-order valence-corrected chi connectivity index (χ0v) is 11.8. The molecule has 112 valence electrons. The van der Waals surface area contributed by atoms with Crippen molar-refractivity contribution in [1.82, 2.24) is 4.90 Å². The van der Waals surface area contributed by atoms with Crippen molar-refractivity contribution < 1.29 is 18.0 Å². The smallest absolute Gasteiger partial charge is 0.340 e. The quantitative estimate of drug-likeness (QED) is 0.925. The maximum absolute atomic E-state index is 12.7. The predicted molar refractivity (Wildman–Crippen MR) is 70.9 cm³/mol. The van der Waals surface area contributed by atoms with Crippen LogP contribution in [0.2, 0.25) is 0 Å². The Labute approximate surface area is 116 Å². The highest BCUT2D eigenvalue weighted by Crippen LogP contribution is 2.29. The molecule has 0 saturated heterocycles. The summed E-state index contributed by atoms with van der Waals surface area (Å²) in [5.41, 5.74) is 4.14. The number of hydrogen-bond acceptors (Lipinski definition) is 2. The van der Waals surface area contributed by atoms with Gasteiger partial charge in [0.1, 0.15) is 0 Å². The molecular weight excluding hydrogens is 269 g/mol. The molecule has 0 aliphatic heterocycles. The molecule has 20 heavy (non-hydrogen) atoms. The third-order valence-electron chi connectivity index (χ3n) is 3.23. The second-order valence-corrected chi connectivity index (χ2v) is 5.03. The van der Waals surface area contributed by atoms with Gasteiger partial charge < -0.3 is 10.6 Å². The first-order chi connectivity index (χ1) is 9.09. The molecule has 1 aromatic carbocycles. The van der Waals surface area contributed by atoms with Gasteiger partial charge >= 0.3 is 6.18 Å². The van der Waals surface area contributed by atoms with Crippen LogP contribution in [0.5, 0.6) is 0 Å². The third kappa shape index (κ3) is 3.50. The van der Waals surface area contributed by atoms with Gasteiger partial charge in [-0.1, -0.05) is 31.2 Å². The van der Waals surface area contributed by atoms with Crippen molar-refractivity contribution >= 4 is 5.91 Å². The number of carbonyl (C=O) groups is 1. The lowest BCUT2D eigenvalue weighted by molar-refractivity contribution is -0.193. The summed E-state index contributed by atoms with van der Waals surface area (Å²) in [6, 6.07) is 7.37. The van der Waals surface area contributed by atoms with Crippen LogP contribution in [-0.2, 0) is 17.8 Å². The molecule has 0 aliphatic carbocycles. The van der Waals surface area contributed by atoms with Crippen molar-refractivity contribution in [2.24, 2.45) is 5.73 Å². The van der Waals surface area contributed by atoms with Crippen LogP contribution in [0.1, 0.15) is 25.0 Å². The van der Waals surface area contributed by atoms with E-state index < -0.39 is 17.6 Å². The van der Waals surface area contributed by atoms with Gasteiger partial charge in [0.15, 0.2) is 5.54 Å². The second-order valence-electron chi connectivity index (χ2n) is 5.03. The average molecular weight is 288 g/mol. The number of nitrogens with two attached hydrogens (primary N) is 1. The molecule has 0 saturated carbocycles. The molecule has 0 spiro atoms. The Morgan fingerprint density at radius 1 is 1.20 bits per heavy atom. The van der Waals surface area contributed by atoms with Gasteiger partial charge in [0, 0.05) is 13.6 Å². The van der Waals surface area contributed by atoms with Crippen LogP contribution >= 0.6 is 0 Å². The van der Waals surface area contributed by atoms with Crippen LogP contribution in [0.25, 0.3) is 0 Å². The Bertz CT molecular complexity index is 466. The molecule has 0 radical (unpaired) electrons. The first-order valence-corrected chi connectivity index (χ1v) is 6.28. The number of nitrogens with zero attached hydrogens (tertiary/aromatic N) is 1. The molecule has 1 aromatic rings. The van der Waals surface area contributed by atoms with E-state index in [-0.39, 0.29) is 6.54 Å². The SMILES string of the molecule is CCc1ccc(CN(C)C(=O)C(C)(N)C(F)(F)F)cc1. The van der Waals surface area contributed by atoms with Crippen molar-refractivity contribution in [1.29, 1.82) is 0 Å². The molecule has 0 heterocycles. The van der Waals surface area contributed by atoms with Gasteiger partial charge in [-0.25, -0.2) is 0 Å². The number of alkyl halides is 3. The molecule has 1 rings (SSSR count). The highest BCUT2D eigenvalue weighted by Gasteiger charge is 2.54. The largest absolute Gasteiger partial charge is 0.415 e. The highest BCUT2D eigenvalue weighted by atomic mass is 19.4. The monoisotopic (exact) mass is 288 g/mol. The number of amides is 1. The molecule has 0 aliphatic rings. The number of carbonyl (C=O) groups excluding carboxylic acids is 1. The van der Waals surface area contributed by atoms with Crippen LogP contribution in [0.4, 0.5) is 13.2 Å². The fourth-order valence-electron chi connectivity index (χ4n) is 1.74. The van der Waals surface area contributed by atoms with Gasteiger partial charge in [-0.05, 0) is 24.5 Å². The number of benzene rings is 1. The maximum atomic E-state index is 12.7. The molecule has 0 aromatic heterocycles. The molecule has 6 heteroatoms. The maximum Gasteiger partial charge on any atom is 0.415 e. The summed E-state index contributed by atoms with van der Waals surface area (Å²) in [5.74, 6) is -1.15. The van der Waals surface area contributed by atoms with Gasteiger partial charge in [-0.15, -0.1) is 0 Å². The van der Waals surface area contributed by atoms with Crippen LogP contribution in [0.3, 0.4) is 0 Å². The fraction of sp³-hybridized carbons (Fsp3) is 0.500. The summed E-state index contributed by atoms with van der Waals surface area (Å²) in [7, 11) is 1.31. The van der Waals surface area contributed by atoms with E-state index in [1.165, 1.54) is 7.05 Å². The minimum Gasteiger partial charge on any atom is -0.340 e. The van der Waals surface area contributed by atoms with E-state index in [2.05, 4.69) is 0 Å². The lowest BCUT2D eigenvalue weighted by Crippen LogP contribution is -2.61. The van der Waals surface area contributed by atoms with Crippen molar-refractivity contribution in [3.8, 4) is 0 Å². The van der Waals surface area contributed by atoms with Gasteiger partial charge in [-0.3, -0.25) is 4.79 Å². The molecule has 3 nitrogen and oxygen atoms in total. The number of likely N-dealkylation sites (N-methyl/N-ethyl adjacent to an activating group) is 1. The Kier molecular flexibility index (Phi) is 4.81. The molecule has 0 fully saturated rings. The molecule has 0 bridgehead atoms. The zero-order valence-electron chi connectivity index (χ0n) is 11.8. The first kappa shape index (κ1) is 16.5. The Hall–Kier alpha value is -1.56. The van der Waals surface area contributed by atoms with E-state index in [0.717, 1.165) is 22.4 Å². The van der Waals surface area contributed by atoms with Crippen molar-refractivity contribution in [2.45, 2.75) is 38.5 Å². The van der Waals surface area contributed by atoms with Gasteiger partial charge in [-0.2, -0.15) is 13.2 Å². The van der Waals surface area contributed by atoms with E-state index in [0.29, 0.717) is 6.92 Å². The van der Waals surface area contributed by atoms with Crippen LogP contribution in [0, 0.1) is 0 Å². The summed E-state index contributed by atoms with van der Waals surface area (Å²) in [4.78, 5) is 12.8. The van der Waals surface area contributed by atoms with E-state index in [1.54, 1.807) is 12.1 Å². The minimum absolute atomic E-state index is 0.0890. The van der Waals surface area contributed by atoms with Crippen molar-refractivity contribution in [2.75, 3.05) is 7.05 Å². The predicted octanol–water partition coefficient (Wildman–Crippen LogP) is 2.49. The molecular formula is C14H19F3N2O. The van der Waals surface area contributed by atoms with Gasteiger partial charge in [0.05, 0.1) is 0 Å². The second kappa shape index (κ2) is 5.83. The molecule has 1 amide bonds. The average Bonchev–Trinajstić information content (AvgIpc) is 2.37. The Morgan fingerprint density at radius 3 is 2.05 bits per heavy atom. The summed E-state index contributed by atoms with van der Waals surface area (Å²) < 4.78 is 38.1. The van der Waals surface area contributed by atoms with Crippen LogP contribution in [0.15, 0.2) is 24.3 Å². The molecule has 1 atom stereocenters. The van der Waals surface area contributed by atoms with Crippen molar-refractivity contribution in [3.05, 3.63) is 35.4 Å². The topological polar surface area (TPSA) is 46.3 Å². The minimum atomic E-state index is -4.77. The van der Waals surface area contributed by atoms with E-state index in [1.807, 2.05) is 19.1 Å². The normalized spacial score (nSPS) is 14.8. The van der Waals surface area contributed by atoms with Gasteiger partial charge in [0.2, 0.25) is 0 Å². The summed E-state index contributed by atoms with van der Waals surface area (Å²) in [6.07, 6.45) is -3.89. The Morgan fingerprint density at radius 2 is 1.65 bits per heavy atom. The third-order valence-corrected chi connectivity index (χ3v) is 3.23. The van der Waals surface area contributed by atoms with Crippen LogP contribution in [-0.4, -0.2) is 29.6 Å². The lowest BCUT2D eigenvalue weighted by Gasteiger charge is -2.30. The number of hydrogen-bond donors (Lipinski definition) is 1. The lowest BCUT2D eigenvalue weighted by atomic mass is 10.0. The highest BCUT2D eigenvalue weighted by molar-refractivity contribution is 5.86. The van der Waals surface area contributed by atoms with E-state index in [9.17, 15) is 18.0 Å². The summed E-state index contributed by atoms with van der Waals surface area (Å²) in [5, 5.41) is 0. The van der Waals surface area contributed by atoms with E-state index in [4.69, 9.17) is 5.73 Å². The summed E-state index contributed by atoms with van der Waals surface area (Å²) >= 11 is 0. The number of aryl methyl sites for hydroxylation is 1. The molecule has 2 N–H and O–H groups in total. The zero-order chi connectivity index (χ0) is 15.6. The van der Waals surface area contributed by atoms with Gasteiger partial charge in [0.25, 0.3) is 5.91 Å². The van der Waals surface area contributed by atoms with E-state index >= 15 is 0 Å². The van der Waals surface area contributed by atoms with Crippen LogP contribution < -0.4 is 5.73 Å². The number of rotatable bonds is 4. The molecule has 1 unspecified atom stereocenters. The first-order valence-electron chi connectivity index (χ1n) is 6.28. The standard InChI is InChI=1S/C14H19F3N2O/c1-4-10-5-7-11(8-6-10)9-19(3)12(20)13(2,18)14(15,16)17/h5-8H,4,9,18H2,1-3H3. The summed E-state index contributed by atoms with van der Waals surface area (Å²) in [6.45, 7) is 2.78. The Balaban J connectivity index is 2.80.